The summed E-state index contributed by atoms with van der Waals surface area (Å²) in [7, 11) is 2.21. The Morgan fingerprint density at radius 2 is 1.68 bits per heavy atom. The topological polar surface area (TPSA) is 12.5 Å². The fraction of sp³-hybridized carbons (Fsp3) is 1.00. The maximum atomic E-state index is 5.71. The van der Waals surface area contributed by atoms with Crippen molar-refractivity contribution in [2.24, 2.45) is 0 Å². The molecule has 0 spiro atoms. The maximum Gasteiger partial charge on any atom is 0.140 e. The van der Waals surface area contributed by atoms with Gasteiger partial charge in [0.1, 0.15) is 7.85 Å². The van der Waals surface area contributed by atoms with Gasteiger partial charge >= 0.3 is 0 Å². The monoisotopic (exact) mass is 267 g/mol. The van der Waals surface area contributed by atoms with Gasteiger partial charge in [0.15, 0.2) is 0 Å². The summed E-state index contributed by atoms with van der Waals surface area (Å²) in [6.45, 7) is 10.2. The number of unbranched alkanes of at least 4 members (excludes halogenated alkanes) is 4. The third-order valence-electron chi connectivity index (χ3n) is 4.64. The standard InChI is InChI=1S/C16H34BNO/c1-4-6-8-10-16(3,11-9-7-5-2)18-12-13-19-15(17)14-18/h15H,4-14,17H2,1-3H3. The highest BCUT2D eigenvalue weighted by molar-refractivity contribution is 6.11. The van der Waals surface area contributed by atoms with Gasteiger partial charge in [-0.2, -0.15) is 0 Å². The summed E-state index contributed by atoms with van der Waals surface area (Å²) >= 11 is 0. The zero-order valence-corrected chi connectivity index (χ0v) is 13.7. The summed E-state index contributed by atoms with van der Waals surface area (Å²) in [6.07, 6.45) is 10.9. The van der Waals surface area contributed by atoms with Crippen LogP contribution in [0, 0.1) is 0 Å². The first-order chi connectivity index (χ1) is 9.12. The van der Waals surface area contributed by atoms with Crippen molar-refractivity contribution in [1.29, 1.82) is 0 Å². The molecular weight excluding hydrogens is 233 g/mol. The largest absolute Gasteiger partial charge is 0.385 e. The van der Waals surface area contributed by atoms with Gasteiger partial charge in [0.05, 0.1) is 6.61 Å². The fourth-order valence-corrected chi connectivity index (χ4v) is 3.26. The zero-order chi connectivity index (χ0) is 14.1. The second-order valence-electron chi connectivity index (χ2n) is 6.54. The molecule has 1 fully saturated rings. The van der Waals surface area contributed by atoms with E-state index in [9.17, 15) is 0 Å². The van der Waals surface area contributed by atoms with Crippen molar-refractivity contribution in [2.45, 2.75) is 83.7 Å². The van der Waals surface area contributed by atoms with Crippen molar-refractivity contribution in [2.75, 3.05) is 19.7 Å². The first-order valence-corrected chi connectivity index (χ1v) is 8.49. The summed E-state index contributed by atoms with van der Waals surface area (Å²) < 4.78 is 5.71. The molecule has 0 aliphatic carbocycles. The normalized spacial score (nSPS) is 21.7. The Morgan fingerprint density at radius 1 is 1.11 bits per heavy atom. The van der Waals surface area contributed by atoms with Gasteiger partial charge in [-0.05, 0) is 19.8 Å². The predicted molar refractivity (Wildman–Crippen MR) is 86.5 cm³/mol. The number of hydrogen-bond acceptors (Lipinski definition) is 2. The van der Waals surface area contributed by atoms with Crippen LogP contribution in [0.15, 0.2) is 0 Å². The summed E-state index contributed by atoms with van der Waals surface area (Å²) in [5.74, 6) is 0. The predicted octanol–water partition coefficient (Wildman–Crippen LogP) is 3.20. The van der Waals surface area contributed by atoms with Crippen LogP contribution in [0.3, 0.4) is 0 Å². The Hall–Kier alpha value is -0.0151. The molecule has 0 aromatic carbocycles. The van der Waals surface area contributed by atoms with E-state index in [1.54, 1.807) is 0 Å². The summed E-state index contributed by atoms with van der Waals surface area (Å²) in [4.78, 5) is 2.71. The molecule has 112 valence electrons. The van der Waals surface area contributed by atoms with Crippen LogP contribution in [0.2, 0.25) is 0 Å². The molecule has 0 amide bonds. The Balaban J connectivity index is 2.54. The van der Waals surface area contributed by atoms with Crippen LogP contribution in [0.5, 0.6) is 0 Å². The first kappa shape index (κ1) is 17.0. The summed E-state index contributed by atoms with van der Waals surface area (Å²) in [5, 5.41) is 0. The number of rotatable bonds is 9. The molecule has 0 N–H and O–H groups in total. The average molecular weight is 267 g/mol. The number of hydrogen-bond donors (Lipinski definition) is 0. The molecule has 0 bridgehead atoms. The van der Waals surface area contributed by atoms with Gasteiger partial charge < -0.3 is 4.74 Å². The molecule has 1 aliphatic rings. The van der Waals surface area contributed by atoms with Gasteiger partial charge in [0.2, 0.25) is 0 Å². The molecule has 1 unspecified atom stereocenters. The molecule has 19 heavy (non-hydrogen) atoms. The fourth-order valence-electron chi connectivity index (χ4n) is 3.26. The molecule has 0 radical (unpaired) electrons. The molecule has 1 saturated heterocycles. The average Bonchev–Trinajstić information content (AvgIpc) is 2.39. The van der Waals surface area contributed by atoms with Crippen molar-refractivity contribution >= 4 is 7.85 Å². The van der Waals surface area contributed by atoms with E-state index in [4.69, 9.17) is 4.74 Å². The molecule has 1 heterocycles. The lowest BCUT2D eigenvalue weighted by atomic mass is 9.84. The minimum atomic E-state index is 0.405. The van der Waals surface area contributed by atoms with E-state index in [2.05, 4.69) is 33.5 Å². The van der Waals surface area contributed by atoms with Crippen LogP contribution in [0.4, 0.5) is 0 Å². The third kappa shape index (κ3) is 5.87. The van der Waals surface area contributed by atoms with Crippen LogP contribution in [0.1, 0.15) is 72.1 Å². The number of nitrogens with zero attached hydrogens (tertiary/aromatic N) is 1. The van der Waals surface area contributed by atoms with E-state index in [1.165, 1.54) is 51.4 Å². The molecule has 1 aliphatic heterocycles. The second kappa shape index (κ2) is 9.02. The molecule has 1 atom stereocenters. The third-order valence-corrected chi connectivity index (χ3v) is 4.64. The van der Waals surface area contributed by atoms with Gasteiger partial charge in [-0.25, -0.2) is 0 Å². The van der Waals surface area contributed by atoms with Gasteiger partial charge in [-0.15, -0.1) is 0 Å². The van der Waals surface area contributed by atoms with Gasteiger partial charge in [0, 0.05) is 24.6 Å². The zero-order valence-electron chi connectivity index (χ0n) is 13.7. The Bertz CT molecular complexity index is 225. The van der Waals surface area contributed by atoms with Crippen molar-refractivity contribution in [3.63, 3.8) is 0 Å². The van der Waals surface area contributed by atoms with Crippen molar-refractivity contribution in [1.82, 2.24) is 4.90 Å². The van der Waals surface area contributed by atoms with Gasteiger partial charge in [-0.3, -0.25) is 4.90 Å². The SMILES string of the molecule is BC1CN(C(C)(CCCCC)CCCCC)CCO1. The second-order valence-corrected chi connectivity index (χ2v) is 6.54. The molecular formula is C16H34BNO. The van der Waals surface area contributed by atoms with Gasteiger partial charge in [-0.1, -0.05) is 52.4 Å². The van der Waals surface area contributed by atoms with Crippen molar-refractivity contribution in [3.8, 4) is 0 Å². The van der Waals surface area contributed by atoms with Crippen LogP contribution < -0.4 is 0 Å². The molecule has 1 rings (SSSR count). The smallest absolute Gasteiger partial charge is 0.140 e. The molecule has 0 saturated carbocycles. The lowest BCUT2D eigenvalue weighted by Gasteiger charge is -2.45. The molecule has 3 heteroatoms. The Morgan fingerprint density at radius 3 is 2.16 bits per heavy atom. The van der Waals surface area contributed by atoms with E-state index in [1.807, 2.05) is 0 Å². The van der Waals surface area contributed by atoms with E-state index >= 15 is 0 Å². The lowest BCUT2D eigenvalue weighted by Crippen LogP contribution is -2.54. The highest BCUT2D eigenvalue weighted by Gasteiger charge is 2.33. The molecule has 0 aromatic rings. The summed E-state index contributed by atoms with van der Waals surface area (Å²) in [6, 6.07) is 0.408. The van der Waals surface area contributed by atoms with Crippen LogP contribution in [-0.4, -0.2) is 44.0 Å². The lowest BCUT2D eigenvalue weighted by molar-refractivity contribution is -0.0409. The number of morpholine rings is 1. The van der Waals surface area contributed by atoms with E-state index in [0.29, 0.717) is 11.5 Å². The molecule has 2 nitrogen and oxygen atoms in total. The minimum absolute atomic E-state index is 0.405. The summed E-state index contributed by atoms with van der Waals surface area (Å²) in [5.41, 5.74) is 0.405. The van der Waals surface area contributed by atoms with E-state index < -0.39 is 0 Å². The highest BCUT2D eigenvalue weighted by Crippen LogP contribution is 2.30. The van der Waals surface area contributed by atoms with Crippen molar-refractivity contribution < 1.29 is 4.74 Å². The van der Waals surface area contributed by atoms with Crippen LogP contribution in [0.25, 0.3) is 0 Å². The highest BCUT2D eigenvalue weighted by atomic mass is 16.5. The van der Waals surface area contributed by atoms with Gasteiger partial charge in [0.25, 0.3) is 0 Å². The van der Waals surface area contributed by atoms with Crippen LogP contribution in [-0.2, 0) is 4.74 Å². The maximum absolute atomic E-state index is 5.71. The molecule has 0 aromatic heterocycles. The number of ether oxygens (including phenoxy) is 1. The minimum Gasteiger partial charge on any atom is -0.385 e. The van der Waals surface area contributed by atoms with E-state index in [0.717, 1.165) is 19.7 Å². The van der Waals surface area contributed by atoms with Crippen molar-refractivity contribution in [3.05, 3.63) is 0 Å². The Kier molecular flexibility index (Phi) is 8.09. The van der Waals surface area contributed by atoms with Crippen LogP contribution >= 0.6 is 0 Å². The Labute approximate surface area is 121 Å². The van der Waals surface area contributed by atoms with E-state index in [-0.39, 0.29) is 0 Å². The first-order valence-electron chi connectivity index (χ1n) is 8.49. The quantitative estimate of drug-likeness (QED) is 0.470.